The molecular formula is C20H24N3O3+. The molecule has 0 aliphatic heterocycles. The summed E-state index contributed by atoms with van der Waals surface area (Å²) in [4.78, 5) is 13.5. The van der Waals surface area contributed by atoms with E-state index in [4.69, 9.17) is 14.7 Å². The molecule has 0 aliphatic carbocycles. The molecule has 136 valence electrons. The Morgan fingerprint density at radius 3 is 2.46 bits per heavy atom. The number of anilines is 1. The Bertz CT molecular complexity index is 797. The van der Waals surface area contributed by atoms with Crippen molar-refractivity contribution in [2.24, 2.45) is 0 Å². The number of para-hydroxylation sites is 1. The molecule has 26 heavy (non-hydrogen) atoms. The number of nitrogens with one attached hydrogen (secondary N) is 2. The van der Waals surface area contributed by atoms with Gasteiger partial charge in [0, 0.05) is 5.69 Å². The second-order valence-corrected chi connectivity index (χ2v) is 6.08. The summed E-state index contributed by atoms with van der Waals surface area (Å²) in [7, 11) is 5.17. The van der Waals surface area contributed by atoms with E-state index in [9.17, 15) is 4.79 Å². The molecule has 0 aromatic heterocycles. The van der Waals surface area contributed by atoms with Crippen molar-refractivity contribution in [3.8, 4) is 17.6 Å². The number of amides is 1. The van der Waals surface area contributed by atoms with Gasteiger partial charge in [-0.1, -0.05) is 6.07 Å². The van der Waals surface area contributed by atoms with Crippen molar-refractivity contribution in [2.45, 2.75) is 19.5 Å². The topological polar surface area (TPSA) is 75.8 Å². The fourth-order valence-electron chi connectivity index (χ4n) is 2.65. The van der Waals surface area contributed by atoms with Gasteiger partial charge in [-0.05, 0) is 43.3 Å². The minimum atomic E-state index is -0.276. The van der Waals surface area contributed by atoms with E-state index in [2.05, 4.69) is 11.4 Å². The smallest absolute Gasteiger partial charge is 0.282 e. The number of carbonyl (C=O) groups is 1. The van der Waals surface area contributed by atoms with Crippen LogP contribution in [0.15, 0.2) is 42.5 Å². The number of ether oxygens (including phenoxy) is 2. The van der Waals surface area contributed by atoms with E-state index in [0.717, 1.165) is 10.5 Å². The van der Waals surface area contributed by atoms with Gasteiger partial charge >= 0.3 is 0 Å². The second-order valence-electron chi connectivity index (χ2n) is 6.08. The van der Waals surface area contributed by atoms with Crippen LogP contribution in [0.3, 0.4) is 0 Å². The van der Waals surface area contributed by atoms with Gasteiger partial charge in [0.05, 0.1) is 38.5 Å². The molecule has 0 spiro atoms. The van der Waals surface area contributed by atoms with Gasteiger partial charge in [0.1, 0.15) is 6.54 Å². The molecule has 1 unspecified atom stereocenters. The van der Waals surface area contributed by atoms with Crippen molar-refractivity contribution < 1.29 is 19.2 Å². The van der Waals surface area contributed by atoms with E-state index < -0.39 is 0 Å². The van der Waals surface area contributed by atoms with Crippen molar-refractivity contribution in [1.29, 1.82) is 5.26 Å². The van der Waals surface area contributed by atoms with Crippen LogP contribution in [0.2, 0.25) is 0 Å². The lowest BCUT2D eigenvalue weighted by Gasteiger charge is -2.22. The maximum atomic E-state index is 12.5. The summed E-state index contributed by atoms with van der Waals surface area (Å²) in [6, 6.07) is 14.3. The molecule has 0 bridgehead atoms. The first-order chi connectivity index (χ1) is 12.5. The van der Waals surface area contributed by atoms with Crippen molar-refractivity contribution in [3.05, 3.63) is 53.6 Å². The number of carbonyl (C=O) groups excluding carboxylic acids is 1. The zero-order chi connectivity index (χ0) is 19.1. The fraction of sp³-hybridized carbons (Fsp3) is 0.300. The van der Waals surface area contributed by atoms with E-state index in [1.807, 2.05) is 32.2 Å². The lowest BCUT2D eigenvalue weighted by molar-refractivity contribution is -0.907. The Morgan fingerprint density at radius 1 is 1.19 bits per heavy atom. The van der Waals surface area contributed by atoms with Gasteiger partial charge in [-0.25, -0.2) is 0 Å². The van der Waals surface area contributed by atoms with Crippen LogP contribution in [0.25, 0.3) is 0 Å². The van der Waals surface area contributed by atoms with Crippen LogP contribution in [-0.2, 0) is 11.3 Å². The first kappa shape index (κ1) is 19.3. The van der Waals surface area contributed by atoms with E-state index in [-0.39, 0.29) is 11.9 Å². The normalized spacial score (nSPS) is 12.6. The van der Waals surface area contributed by atoms with Gasteiger partial charge < -0.3 is 19.7 Å². The summed E-state index contributed by atoms with van der Waals surface area (Å²) >= 11 is 0. The molecule has 0 saturated carbocycles. The number of likely N-dealkylation sites (N-methyl/N-ethyl adjacent to an activating group) is 1. The molecule has 1 amide bonds. The third-order valence-corrected chi connectivity index (χ3v) is 4.37. The third kappa shape index (κ3) is 4.52. The van der Waals surface area contributed by atoms with Gasteiger partial charge in [0.2, 0.25) is 0 Å². The molecule has 0 fully saturated rings. The average molecular weight is 354 g/mol. The minimum absolute atomic E-state index is 0.0888. The molecule has 0 saturated heterocycles. The highest BCUT2D eigenvalue weighted by atomic mass is 16.5. The van der Waals surface area contributed by atoms with E-state index >= 15 is 0 Å². The quantitative estimate of drug-likeness (QED) is 0.792. The van der Waals surface area contributed by atoms with Crippen LogP contribution < -0.4 is 19.7 Å². The lowest BCUT2D eigenvalue weighted by Crippen LogP contribution is -3.12. The van der Waals surface area contributed by atoms with Gasteiger partial charge in [-0.2, -0.15) is 5.26 Å². The molecule has 6 heteroatoms. The Labute approximate surface area is 153 Å². The molecule has 6 nitrogen and oxygen atoms in total. The molecular weight excluding hydrogens is 330 g/mol. The van der Waals surface area contributed by atoms with Crippen LogP contribution in [0.1, 0.15) is 18.1 Å². The van der Waals surface area contributed by atoms with Crippen molar-refractivity contribution in [3.63, 3.8) is 0 Å². The Hall–Kier alpha value is -3.04. The highest BCUT2D eigenvalue weighted by Crippen LogP contribution is 2.30. The van der Waals surface area contributed by atoms with Crippen LogP contribution in [0.4, 0.5) is 5.69 Å². The predicted molar refractivity (Wildman–Crippen MR) is 99.4 cm³/mol. The monoisotopic (exact) mass is 354 g/mol. The van der Waals surface area contributed by atoms with Crippen LogP contribution in [-0.4, -0.2) is 33.2 Å². The molecule has 0 heterocycles. The summed E-state index contributed by atoms with van der Waals surface area (Å²) in [6.45, 7) is 2.49. The Kier molecular flexibility index (Phi) is 6.59. The Balaban J connectivity index is 2.05. The van der Waals surface area contributed by atoms with E-state index in [1.54, 1.807) is 38.5 Å². The van der Waals surface area contributed by atoms with Gasteiger partial charge in [-0.3, -0.25) is 4.79 Å². The average Bonchev–Trinajstić information content (AvgIpc) is 2.67. The van der Waals surface area contributed by atoms with Gasteiger partial charge in [0.15, 0.2) is 17.5 Å². The van der Waals surface area contributed by atoms with Crippen LogP contribution in [0, 0.1) is 11.3 Å². The first-order valence-corrected chi connectivity index (χ1v) is 8.33. The van der Waals surface area contributed by atoms with Gasteiger partial charge in [0.25, 0.3) is 5.91 Å². The number of hydrogen-bond donors (Lipinski definition) is 2. The molecule has 2 atom stereocenters. The standard InChI is InChI=1S/C20H23N3O3/c1-14(20(24)22-17-10-8-15(12-21)9-11-17)23(2)13-16-6-5-7-18(25-3)19(16)26-4/h5-11,14H,13H2,1-4H3,(H,22,24)/p+1/t14-/m0/s1. The van der Waals surface area contributed by atoms with E-state index in [0.29, 0.717) is 29.3 Å². The maximum absolute atomic E-state index is 12.5. The summed E-state index contributed by atoms with van der Waals surface area (Å²) in [6.07, 6.45) is 0. The predicted octanol–water partition coefficient (Wildman–Crippen LogP) is 1.62. The number of quaternary nitrogens is 1. The lowest BCUT2D eigenvalue weighted by atomic mass is 10.1. The highest BCUT2D eigenvalue weighted by Gasteiger charge is 2.24. The number of nitrogens with zero attached hydrogens (tertiary/aromatic N) is 1. The number of rotatable bonds is 7. The van der Waals surface area contributed by atoms with Gasteiger partial charge in [-0.15, -0.1) is 0 Å². The number of hydrogen-bond acceptors (Lipinski definition) is 4. The summed E-state index contributed by atoms with van der Waals surface area (Å²) in [5.74, 6) is 1.27. The molecule has 2 rings (SSSR count). The van der Waals surface area contributed by atoms with Crippen LogP contribution in [0.5, 0.6) is 11.5 Å². The second kappa shape index (κ2) is 8.88. The zero-order valence-electron chi connectivity index (χ0n) is 15.5. The number of benzene rings is 2. The molecule has 0 aliphatic rings. The molecule has 2 aromatic rings. The minimum Gasteiger partial charge on any atom is -0.493 e. The highest BCUT2D eigenvalue weighted by molar-refractivity contribution is 5.93. The summed E-state index contributed by atoms with van der Waals surface area (Å²) in [5, 5.41) is 11.7. The number of methoxy groups -OCH3 is 2. The largest absolute Gasteiger partial charge is 0.493 e. The van der Waals surface area contributed by atoms with Crippen molar-refractivity contribution in [2.75, 3.05) is 26.6 Å². The first-order valence-electron chi connectivity index (χ1n) is 8.33. The fourth-order valence-corrected chi connectivity index (χ4v) is 2.65. The van der Waals surface area contributed by atoms with Crippen molar-refractivity contribution >= 4 is 11.6 Å². The Morgan fingerprint density at radius 2 is 1.88 bits per heavy atom. The maximum Gasteiger partial charge on any atom is 0.282 e. The number of nitriles is 1. The van der Waals surface area contributed by atoms with E-state index in [1.165, 1.54) is 0 Å². The summed E-state index contributed by atoms with van der Waals surface area (Å²) in [5.41, 5.74) is 2.21. The van der Waals surface area contributed by atoms with Crippen LogP contribution >= 0.6 is 0 Å². The SMILES string of the molecule is COc1cccc(C[NH+](C)[C@@H](C)C(=O)Nc2ccc(C#N)cc2)c1OC. The molecule has 0 radical (unpaired) electrons. The summed E-state index contributed by atoms with van der Waals surface area (Å²) < 4.78 is 10.8. The van der Waals surface area contributed by atoms with Crippen molar-refractivity contribution in [1.82, 2.24) is 0 Å². The molecule has 2 N–H and O–H groups in total. The third-order valence-electron chi connectivity index (χ3n) is 4.37. The molecule has 2 aromatic carbocycles. The zero-order valence-corrected chi connectivity index (χ0v) is 15.5.